The van der Waals surface area contributed by atoms with Crippen LogP contribution in [-0.4, -0.2) is 41.1 Å². The number of aromatic carboxylic acids is 1. The summed E-state index contributed by atoms with van der Waals surface area (Å²) in [7, 11) is 0. The maximum atomic E-state index is 13.7. The second-order valence-corrected chi connectivity index (χ2v) is 4.74. The molecule has 1 aromatic carbocycles. The summed E-state index contributed by atoms with van der Waals surface area (Å²) in [5.74, 6) is -1.59. The second kappa shape index (κ2) is 5.77. The Morgan fingerprint density at radius 2 is 2.00 bits per heavy atom. The third-order valence-electron chi connectivity index (χ3n) is 3.38. The molecule has 0 saturated carbocycles. The number of nitrogens with two attached hydrogens (primary N) is 1. The molecule has 2 rings (SSSR count). The first-order valence-corrected chi connectivity index (χ1v) is 6.31. The van der Waals surface area contributed by atoms with Crippen LogP contribution in [0.2, 0.25) is 0 Å². The molecule has 0 aromatic heterocycles. The second-order valence-electron chi connectivity index (χ2n) is 4.74. The summed E-state index contributed by atoms with van der Waals surface area (Å²) in [4.78, 5) is 23.4. The lowest BCUT2D eigenvalue weighted by atomic mass is 10.0. The van der Waals surface area contributed by atoms with Crippen LogP contribution in [0.1, 0.15) is 23.2 Å². The van der Waals surface area contributed by atoms with Crippen LogP contribution >= 0.6 is 0 Å². The molecule has 1 fully saturated rings. The molecule has 4 N–H and O–H groups in total. The van der Waals surface area contributed by atoms with Gasteiger partial charge in [-0.05, 0) is 31.0 Å². The van der Waals surface area contributed by atoms with E-state index in [0.29, 0.717) is 25.9 Å². The Balaban J connectivity index is 2.02. The third kappa shape index (κ3) is 3.17. The molecule has 0 spiro atoms. The van der Waals surface area contributed by atoms with Crippen LogP contribution in [0, 0.1) is 5.82 Å². The molecule has 20 heavy (non-hydrogen) atoms. The first kappa shape index (κ1) is 14.1. The van der Waals surface area contributed by atoms with Gasteiger partial charge in [0.1, 0.15) is 5.82 Å². The van der Waals surface area contributed by atoms with Gasteiger partial charge in [-0.15, -0.1) is 0 Å². The normalized spacial score (nSPS) is 15.9. The van der Waals surface area contributed by atoms with Crippen molar-refractivity contribution in [3.8, 4) is 0 Å². The van der Waals surface area contributed by atoms with Crippen molar-refractivity contribution < 1.29 is 19.1 Å². The fraction of sp³-hybridized carbons (Fsp3) is 0.385. The Morgan fingerprint density at radius 3 is 2.55 bits per heavy atom. The highest BCUT2D eigenvalue weighted by Crippen LogP contribution is 2.21. The average Bonchev–Trinajstić information content (AvgIpc) is 2.41. The van der Waals surface area contributed by atoms with Gasteiger partial charge < -0.3 is 21.1 Å². The van der Waals surface area contributed by atoms with E-state index in [1.54, 1.807) is 0 Å². The molecule has 1 heterocycles. The smallest absolute Gasteiger partial charge is 0.335 e. The number of benzene rings is 1. The summed E-state index contributed by atoms with van der Waals surface area (Å²) >= 11 is 0. The van der Waals surface area contributed by atoms with Gasteiger partial charge in [-0.25, -0.2) is 14.0 Å². The maximum absolute atomic E-state index is 13.7. The zero-order valence-corrected chi connectivity index (χ0v) is 10.8. The minimum Gasteiger partial charge on any atom is -0.478 e. The van der Waals surface area contributed by atoms with Crippen molar-refractivity contribution in [3.63, 3.8) is 0 Å². The molecule has 1 aliphatic rings. The van der Waals surface area contributed by atoms with Crippen LogP contribution in [0.5, 0.6) is 0 Å². The predicted molar refractivity (Wildman–Crippen MR) is 71.2 cm³/mol. The number of anilines is 1. The van der Waals surface area contributed by atoms with Crippen molar-refractivity contribution in [1.29, 1.82) is 0 Å². The molecule has 0 radical (unpaired) electrons. The number of carbonyl (C=O) groups is 2. The van der Waals surface area contributed by atoms with Crippen LogP contribution < -0.4 is 11.1 Å². The van der Waals surface area contributed by atoms with Gasteiger partial charge in [-0.1, -0.05) is 0 Å². The average molecular weight is 281 g/mol. The minimum atomic E-state index is -1.10. The number of urea groups is 1. The van der Waals surface area contributed by atoms with Crippen molar-refractivity contribution >= 4 is 17.7 Å². The van der Waals surface area contributed by atoms with E-state index in [0.717, 1.165) is 6.07 Å². The lowest BCUT2D eigenvalue weighted by Gasteiger charge is -2.31. The molecule has 6 nitrogen and oxygen atoms in total. The molecule has 0 bridgehead atoms. The number of halogens is 1. The lowest BCUT2D eigenvalue weighted by molar-refractivity contribution is 0.0697. The SMILES string of the molecule is NC(=O)N1CCC(Nc2cc(C(=O)O)ccc2F)CC1. The summed E-state index contributed by atoms with van der Waals surface area (Å²) in [6, 6.07) is 3.16. The van der Waals surface area contributed by atoms with Gasteiger partial charge in [0.05, 0.1) is 11.3 Å². The Labute approximate surface area is 115 Å². The number of rotatable bonds is 3. The van der Waals surface area contributed by atoms with E-state index in [1.807, 2.05) is 0 Å². The first-order valence-electron chi connectivity index (χ1n) is 6.31. The number of carboxylic acids is 1. The van der Waals surface area contributed by atoms with E-state index in [-0.39, 0.29) is 17.3 Å². The van der Waals surface area contributed by atoms with Crippen LogP contribution in [-0.2, 0) is 0 Å². The molecule has 1 aliphatic heterocycles. The fourth-order valence-corrected chi connectivity index (χ4v) is 2.23. The quantitative estimate of drug-likeness (QED) is 0.782. The lowest BCUT2D eigenvalue weighted by Crippen LogP contribution is -2.44. The van der Waals surface area contributed by atoms with Crippen molar-refractivity contribution in [1.82, 2.24) is 4.90 Å². The van der Waals surface area contributed by atoms with Gasteiger partial charge in [0.25, 0.3) is 0 Å². The Bertz CT molecular complexity index is 528. The number of hydrogen-bond donors (Lipinski definition) is 3. The summed E-state index contributed by atoms with van der Waals surface area (Å²) in [6.07, 6.45) is 1.28. The molecule has 0 unspecified atom stereocenters. The molecule has 1 aromatic rings. The number of primary amides is 1. The van der Waals surface area contributed by atoms with E-state index in [1.165, 1.54) is 17.0 Å². The van der Waals surface area contributed by atoms with Gasteiger partial charge in [0, 0.05) is 19.1 Å². The van der Waals surface area contributed by atoms with E-state index in [9.17, 15) is 14.0 Å². The number of amides is 2. The van der Waals surface area contributed by atoms with E-state index in [4.69, 9.17) is 10.8 Å². The molecule has 7 heteroatoms. The minimum absolute atomic E-state index is 0.0101. The monoisotopic (exact) mass is 281 g/mol. The molecular weight excluding hydrogens is 265 g/mol. The first-order chi connectivity index (χ1) is 9.47. The highest BCUT2D eigenvalue weighted by atomic mass is 19.1. The van der Waals surface area contributed by atoms with Gasteiger partial charge in [0.15, 0.2) is 0 Å². The van der Waals surface area contributed by atoms with Crippen molar-refractivity contribution in [2.75, 3.05) is 18.4 Å². The Morgan fingerprint density at radius 1 is 1.35 bits per heavy atom. The van der Waals surface area contributed by atoms with Crippen LogP contribution in [0.3, 0.4) is 0 Å². The molecule has 1 saturated heterocycles. The molecule has 108 valence electrons. The van der Waals surface area contributed by atoms with E-state index < -0.39 is 17.8 Å². The Hall–Kier alpha value is -2.31. The zero-order chi connectivity index (χ0) is 14.7. The van der Waals surface area contributed by atoms with Gasteiger partial charge in [-0.2, -0.15) is 0 Å². The molecule has 2 amide bonds. The Kier molecular flexibility index (Phi) is 4.07. The highest BCUT2D eigenvalue weighted by Gasteiger charge is 2.22. The zero-order valence-electron chi connectivity index (χ0n) is 10.8. The van der Waals surface area contributed by atoms with Crippen molar-refractivity contribution in [2.24, 2.45) is 5.73 Å². The number of carboxylic acid groups (broad SMARTS) is 1. The number of nitrogens with one attached hydrogen (secondary N) is 1. The highest BCUT2D eigenvalue weighted by molar-refractivity contribution is 5.88. The molecule has 0 atom stereocenters. The van der Waals surface area contributed by atoms with Crippen molar-refractivity contribution in [3.05, 3.63) is 29.6 Å². The van der Waals surface area contributed by atoms with Gasteiger partial charge in [0.2, 0.25) is 0 Å². The van der Waals surface area contributed by atoms with Crippen LogP contribution in [0.4, 0.5) is 14.9 Å². The van der Waals surface area contributed by atoms with Gasteiger partial charge >= 0.3 is 12.0 Å². The van der Waals surface area contributed by atoms with Crippen LogP contribution in [0.15, 0.2) is 18.2 Å². The van der Waals surface area contributed by atoms with Gasteiger partial charge in [-0.3, -0.25) is 0 Å². The van der Waals surface area contributed by atoms with Crippen molar-refractivity contribution in [2.45, 2.75) is 18.9 Å². The molecule has 0 aliphatic carbocycles. The predicted octanol–water partition coefficient (Wildman–Crippen LogP) is 1.48. The third-order valence-corrected chi connectivity index (χ3v) is 3.38. The number of likely N-dealkylation sites (tertiary alicyclic amines) is 1. The summed E-state index contributed by atoms with van der Waals surface area (Å²) in [5.41, 5.74) is 5.38. The number of hydrogen-bond acceptors (Lipinski definition) is 3. The standard InChI is InChI=1S/C13H16FN3O3/c14-10-2-1-8(12(18)19)7-11(10)16-9-3-5-17(6-4-9)13(15)20/h1-2,7,9,16H,3-6H2,(H2,15,20)(H,18,19). The summed E-state index contributed by atoms with van der Waals surface area (Å²) in [5, 5.41) is 11.9. The maximum Gasteiger partial charge on any atom is 0.335 e. The van der Waals surface area contributed by atoms with Crippen LogP contribution in [0.25, 0.3) is 0 Å². The number of nitrogens with zero attached hydrogens (tertiary/aromatic N) is 1. The largest absolute Gasteiger partial charge is 0.478 e. The summed E-state index contributed by atoms with van der Waals surface area (Å²) in [6.45, 7) is 1.01. The topological polar surface area (TPSA) is 95.7 Å². The fourth-order valence-electron chi connectivity index (χ4n) is 2.23. The van der Waals surface area contributed by atoms with E-state index in [2.05, 4.69) is 5.32 Å². The number of carbonyl (C=O) groups excluding carboxylic acids is 1. The van der Waals surface area contributed by atoms with E-state index >= 15 is 0 Å². The number of piperidine rings is 1. The summed E-state index contributed by atoms with van der Waals surface area (Å²) < 4.78 is 13.7. The molecular formula is C13H16FN3O3.